The number of urea groups is 1. The highest BCUT2D eigenvalue weighted by Crippen LogP contribution is 2.33. The van der Waals surface area contributed by atoms with Crippen molar-refractivity contribution in [2.24, 2.45) is 0 Å². The number of ether oxygens (including phenoxy) is 5. The number of anilines is 5. The summed E-state index contributed by atoms with van der Waals surface area (Å²) in [5.41, 5.74) is 16.9. The molecule has 0 radical (unpaired) electrons. The molecule has 7 aromatic carbocycles. The molecule has 0 saturated carbocycles. The number of pyridine rings is 1. The summed E-state index contributed by atoms with van der Waals surface area (Å²) in [6.45, 7) is 3.56. The maximum absolute atomic E-state index is 12.5. The van der Waals surface area contributed by atoms with Crippen molar-refractivity contribution in [2.45, 2.75) is 57.1 Å². The SMILES string of the molecule is Nc1ncccc1C(=O)Nc1ccc(CCOc2ccccc2-c2cnc[nH]2)c(Cl)c1.O=C(Nc1ccc(CCOc2ccccc2-c2cnc[nH]2)c(Cl)c1)C1CCCCN1.O=C(Nc1cccc(OC2CCOC2)c1)Nc1ccc(CCOc2ccccc2-c2cnc[nH]2)c(Cl)c1. The standard InChI is InChI=1S/C28H27ClN4O4.C23H20ClN5O2.C23H25ClN4O2/c29-25-15-21(33-28(34)32-20-4-3-5-22(14-20)37-23-11-12-35-17-23)9-8-19(25)10-13-36-27-7-2-1-6-24(27)26-16-30-18-31-26;24-19-12-16(29-23(30)18-5-3-10-27-22(18)25)8-7-15(19)9-11-31-21-6-2-1-4-17(21)20-13-26-14-28-20;24-19-13-17(28-23(29)20-6-3-4-11-26-20)9-8-16(19)10-12-30-22-7-2-1-5-18(22)21-14-25-15-27-21/h1-9,14-16,18,23H,10-13,17H2,(H,30,31)(H2,32,33,34);1-8,10,12-14H,9,11H2,(H2,25,27)(H,26,28)(H,29,30);1-2,5,7-9,13-15,20,26H,3-4,6,10-12H2,(H,25,27)(H,28,29). The van der Waals surface area contributed by atoms with E-state index < -0.39 is 0 Å². The number of carbonyl (C=O) groups excluding carboxylic acids is 3. The van der Waals surface area contributed by atoms with Crippen LogP contribution in [0.4, 0.5) is 33.4 Å². The molecular weight excluding hydrogens is 1310 g/mol. The zero-order valence-corrected chi connectivity index (χ0v) is 55.5. The van der Waals surface area contributed by atoms with Crippen LogP contribution in [0.2, 0.25) is 15.1 Å². The van der Waals surface area contributed by atoms with Gasteiger partial charge in [-0.25, -0.2) is 24.7 Å². The highest BCUT2D eigenvalue weighted by atomic mass is 35.5. The summed E-state index contributed by atoms with van der Waals surface area (Å²) in [7, 11) is 0. The highest BCUT2D eigenvalue weighted by Gasteiger charge is 2.22. The summed E-state index contributed by atoms with van der Waals surface area (Å²) >= 11 is 19.4. The molecule has 502 valence electrons. The van der Waals surface area contributed by atoms with Gasteiger partial charge in [0.25, 0.3) is 5.91 Å². The Morgan fingerprint density at radius 2 is 1.02 bits per heavy atom. The number of benzene rings is 7. The molecule has 4 aromatic heterocycles. The fourth-order valence-corrected chi connectivity index (χ4v) is 11.6. The minimum Gasteiger partial charge on any atom is -0.493 e. The Bertz CT molecular complexity index is 4400. The van der Waals surface area contributed by atoms with Gasteiger partial charge in [-0.3, -0.25) is 9.59 Å². The van der Waals surface area contributed by atoms with E-state index in [1.807, 2.05) is 115 Å². The first-order valence-electron chi connectivity index (χ1n) is 31.9. The van der Waals surface area contributed by atoms with Crippen molar-refractivity contribution in [2.75, 3.05) is 66.6 Å². The molecule has 2 aliphatic rings. The summed E-state index contributed by atoms with van der Waals surface area (Å²) in [4.78, 5) is 62.7. The molecule has 0 aliphatic carbocycles. The fraction of sp³-hybridized carbons (Fsp3) is 0.203. The molecule has 98 heavy (non-hydrogen) atoms. The zero-order chi connectivity index (χ0) is 67.8. The van der Waals surface area contributed by atoms with Gasteiger partial charge in [-0.05, 0) is 133 Å². The molecule has 24 heteroatoms. The number of nitrogens with one attached hydrogen (secondary N) is 8. The number of carbonyl (C=O) groups is 3. The molecule has 4 amide bonds. The molecule has 13 rings (SSSR count). The van der Waals surface area contributed by atoms with Crippen LogP contribution >= 0.6 is 34.8 Å². The van der Waals surface area contributed by atoms with E-state index >= 15 is 0 Å². The molecular formula is C74H72Cl3N13O8. The number of piperidine rings is 1. The monoisotopic (exact) mass is 1380 g/mol. The first-order valence-corrected chi connectivity index (χ1v) is 33.0. The van der Waals surface area contributed by atoms with Crippen LogP contribution in [0, 0.1) is 0 Å². The lowest BCUT2D eigenvalue weighted by molar-refractivity contribution is -0.118. The van der Waals surface area contributed by atoms with Gasteiger partial charge in [0.15, 0.2) is 0 Å². The molecule has 2 aliphatic heterocycles. The third-order valence-corrected chi connectivity index (χ3v) is 16.9. The van der Waals surface area contributed by atoms with E-state index in [1.165, 1.54) is 6.20 Å². The van der Waals surface area contributed by atoms with Gasteiger partial charge in [-0.1, -0.05) is 102 Å². The molecule has 2 fully saturated rings. The van der Waals surface area contributed by atoms with Gasteiger partial charge in [0, 0.05) is 92.5 Å². The molecule has 6 heterocycles. The lowest BCUT2D eigenvalue weighted by Gasteiger charge is -2.22. The van der Waals surface area contributed by atoms with E-state index in [1.54, 1.807) is 86.1 Å². The molecule has 2 atom stereocenters. The van der Waals surface area contributed by atoms with E-state index in [0.29, 0.717) is 101 Å². The number of halogens is 3. The van der Waals surface area contributed by atoms with Crippen molar-refractivity contribution in [3.63, 3.8) is 0 Å². The number of nitrogens with two attached hydrogens (primary N) is 1. The Kier molecular flexibility index (Phi) is 24.4. The minimum atomic E-state index is -0.371. The van der Waals surface area contributed by atoms with Gasteiger partial charge in [0.1, 0.15) is 34.9 Å². The van der Waals surface area contributed by atoms with E-state index in [9.17, 15) is 14.4 Å². The number of para-hydroxylation sites is 3. The summed E-state index contributed by atoms with van der Waals surface area (Å²) < 4.78 is 29.3. The Hall–Kier alpha value is -10.7. The van der Waals surface area contributed by atoms with Crippen LogP contribution < -0.4 is 51.3 Å². The van der Waals surface area contributed by atoms with E-state index in [4.69, 9.17) is 64.2 Å². The number of rotatable bonds is 23. The Morgan fingerprint density at radius 1 is 0.531 bits per heavy atom. The maximum atomic E-state index is 12.5. The smallest absolute Gasteiger partial charge is 0.323 e. The second-order valence-electron chi connectivity index (χ2n) is 22.7. The average Bonchev–Trinajstić information content (AvgIpc) is 1.48. The van der Waals surface area contributed by atoms with Crippen molar-refractivity contribution in [1.29, 1.82) is 0 Å². The van der Waals surface area contributed by atoms with Gasteiger partial charge in [0.05, 0.1) is 99.3 Å². The highest BCUT2D eigenvalue weighted by molar-refractivity contribution is 6.32. The Morgan fingerprint density at radius 3 is 1.47 bits per heavy atom. The zero-order valence-electron chi connectivity index (χ0n) is 53.2. The van der Waals surface area contributed by atoms with Crippen LogP contribution in [0.25, 0.3) is 33.8 Å². The summed E-state index contributed by atoms with van der Waals surface area (Å²) in [6, 6.07) is 49.9. The molecule has 0 bridgehead atoms. The van der Waals surface area contributed by atoms with Crippen LogP contribution in [0.3, 0.4) is 0 Å². The van der Waals surface area contributed by atoms with Crippen LogP contribution in [-0.4, -0.2) is 104 Å². The van der Waals surface area contributed by atoms with E-state index in [0.717, 1.165) is 99.9 Å². The van der Waals surface area contributed by atoms with Crippen LogP contribution in [-0.2, 0) is 28.8 Å². The predicted octanol–water partition coefficient (Wildman–Crippen LogP) is 15.2. The average molecular weight is 1380 g/mol. The molecule has 2 saturated heterocycles. The van der Waals surface area contributed by atoms with Crippen molar-refractivity contribution in [3.05, 3.63) is 245 Å². The molecule has 21 nitrogen and oxygen atoms in total. The lowest BCUT2D eigenvalue weighted by Crippen LogP contribution is -2.43. The van der Waals surface area contributed by atoms with Crippen LogP contribution in [0.15, 0.2) is 208 Å². The quantitative estimate of drug-likeness (QED) is 0.0288. The number of imidazole rings is 3. The van der Waals surface area contributed by atoms with Crippen molar-refractivity contribution < 1.29 is 38.1 Å². The first-order chi connectivity index (χ1) is 48.0. The second kappa shape index (κ2) is 34.8. The van der Waals surface area contributed by atoms with Crippen molar-refractivity contribution in [3.8, 4) is 56.8 Å². The number of hydrogen-bond acceptors (Lipinski definition) is 14. The normalized spacial score (nSPS) is 13.9. The molecule has 11 aromatic rings. The van der Waals surface area contributed by atoms with Gasteiger partial charge in [-0.2, -0.15) is 0 Å². The predicted molar refractivity (Wildman–Crippen MR) is 384 cm³/mol. The third kappa shape index (κ3) is 19.5. The van der Waals surface area contributed by atoms with Gasteiger partial charge >= 0.3 is 6.03 Å². The van der Waals surface area contributed by atoms with Crippen molar-refractivity contribution in [1.82, 2.24) is 40.2 Å². The molecule has 0 spiro atoms. The lowest BCUT2D eigenvalue weighted by atomic mass is 10.0. The number of aromatic nitrogens is 7. The number of nitrogen functional groups attached to an aromatic ring is 1. The van der Waals surface area contributed by atoms with Gasteiger partial charge in [0.2, 0.25) is 5.91 Å². The summed E-state index contributed by atoms with van der Waals surface area (Å²) in [5.74, 6) is 2.85. The minimum absolute atomic E-state index is 0.00253. The molecule has 10 N–H and O–H groups in total. The van der Waals surface area contributed by atoms with E-state index in [2.05, 4.69) is 61.5 Å². The van der Waals surface area contributed by atoms with Crippen LogP contribution in [0.5, 0.6) is 23.0 Å². The number of nitrogens with zero attached hydrogens (tertiary/aromatic N) is 4. The maximum Gasteiger partial charge on any atom is 0.323 e. The Balaban J connectivity index is 0.000000150. The van der Waals surface area contributed by atoms with Gasteiger partial charge < -0.3 is 71.0 Å². The summed E-state index contributed by atoms with van der Waals surface area (Å²) in [5, 5.41) is 16.4. The van der Waals surface area contributed by atoms with Crippen molar-refractivity contribution >= 4 is 81.2 Å². The fourth-order valence-electron chi connectivity index (χ4n) is 10.8. The third-order valence-electron chi connectivity index (χ3n) is 15.8. The number of amides is 4. The first kappa shape index (κ1) is 68.7. The summed E-state index contributed by atoms with van der Waals surface area (Å²) in [6.07, 6.45) is 17.6. The molecule has 2 unspecified atom stereocenters. The number of aromatic amines is 3. The van der Waals surface area contributed by atoms with Crippen LogP contribution in [0.1, 0.15) is 52.7 Å². The largest absolute Gasteiger partial charge is 0.493 e. The van der Waals surface area contributed by atoms with E-state index in [-0.39, 0.29) is 35.8 Å². The number of hydrogen-bond donors (Lipinski definition) is 9. The Labute approximate surface area is 581 Å². The topological polar surface area (TPSA) is 282 Å². The van der Waals surface area contributed by atoms with Gasteiger partial charge in [-0.15, -0.1) is 0 Å². The second-order valence-corrected chi connectivity index (χ2v) is 23.9. The number of H-pyrrole nitrogens is 3.